The highest BCUT2D eigenvalue weighted by atomic mass is 35.5. The van der Waals surface area contributed by atoms with E-state index in [0.717, 1.165) is 16.9 Å². The van der Waals surface area contributed by atoms with Gasteiger partial charge in [0.05, 0.1) is 17.2 Å². The van der Waals surface area contributed by atoms with Crippen molar-refractivity contribution in [1.82, 2.24) is 9.71 Å². The van der Waals surface area contributed by atoms with Crippen LogP contribution in [0.1, 0.15) is 36.9 Å². The van der Waals surface area contributed by atoms with E-state index in [4.69, 9.17) is 10.5 Å². The number of benzene rings is 1. The lowest BCUT2D eigenvalue weighted by atomic mass is 9.90. The van der Waals surface area contributed by atoms with Gasteiger partial charge in [0.2, 0.25) is 0 Å². The van der Waals surface area contributed by atoms with Crippen molar-refractivity contribution in [3.8, 4) is 5.75 Å². The van der Waals surface area contributed by atoms with Gasteiger partial charge in [0.15, 0.2) is 4.21 Å². The summed E-state index contributed by atoms with van der Waals surface area (Å²) in [6.45, 7) is 5.64. The molecule has 0 spiro atoms. The van der Waals surface area contributed by atoms with E-state index >= 15 is 0 Å². The molecule has 3 N–H and O–H groups in total. The number of aromatic nitrogens is 1. The number of thiazole rings is 1. The Morgan fingerprint density at radius 3 is 2.75 bits per heavy atom. The zero-order valence-electron chi connectivity index (χ0n) is 13.6. The zero-order valence-corrected chi connectivity index (χ0v) is 16.0. The molecular weight excluding hydrogens is 370 g/mol. The molecule has 3 rings (SSSR count). The molecule has 0 bridgehead atoms. The fourth-order valence-electron chi connectivity index (χ4n) is 2.69. The minimum Gasteiger partial charge on any atom is -0.487 e. The maximum Gasteiger partial charge on any atom is 0.252 e. The smallest absolute Gasteiger partial charge is 0.252 e. The van der Waals surface area contributed by atoms with Gasteiger partial charge in [-0.25, -0.2) is 18.1 Å². The third-order valence-electron chi connectivity index (χ3n) is 3.65. The molecule has 1 aromatic heterocycles. The predicted octanol–water partition coefficient (Wildman–Crippen LogP) is 3.04. The van der Waals surface area contributed by atoms with E-state index in [-0.39, 0.29) is 16.6 Å². The van der Waals surface area contributed by atoms with Crippen molar-refractivity contribution in [2.45, 2.75) is 43.0 Å². The second-order valence-corrected chi connectivity index (χ2v) is 9.41. The Morgan fingerprint density at radius 2 is 2.12 bits per heavy atom. The van der Waals surface area contributed by atoms with E-state index < -0.39 is 21.7 Å². The van der Waals surface area contributed by atoms with Gasteiger partial charge in [0, 0.05) is 17.7 Å². The molecule has 24 heavy (non-hydrogen) atoms. The maximum atomic E-state index is 12.6. The van der Waals surface area contributed by atoms with Crippen LogP contribution >= 0.6 is 23.7 Å². The first-order valence-corrected chi connectivity index (χ1v) is 9.49. The van der Waals surface area contributed by atoms with Crippen LogP contribution in [0.25, 0.3) is 0 Å². The van der Waals surface area contributed by atoms with Crippen LogP contribution < -0.4 is 15.2 Å². The number of hydrogen-bond donors (Lipinski definition) is 2. The number of nitrogen functional groups attached to an aromatic ring is 1. The number of nitrogens with two attached hydrogens (primary N) is 1. The molecule has 0 amide bonds. The van der Waals surface area contributed by atoms with E-state index in [1.807, 2.05) is 13.8 Å². The van der Waals surface area contributed by atoms with Crippen molar-refractivity contribution in [1.29, 1.82) is 0 Å². The van der Waals surface area contributed by atoms with Crippen molar-refractivity contribution in [3.05, 3.63) is 35.0 Å². The summed E-state index contributed by atoms with van der Waals surface area (Å²) < 4.78 is 34.1. The molecule has 2 heterocycles. The predicted molar refractivity (Wildman–Crippen MR) is 97.3 cm³/mol. The molecule has 0 fully saturated rings. The molecule has 1 aliphatic rings. The van der Waals surface area contributed by atoms with Crippen LogP contribution in [0.4, 0.5) is 5.69 Å². The largest absolute Gasteiger partial charge is 0.487 e. The number of anilines is 1. The highest BCUT2D eigenvalue weighted by Crippen LogP contribution is 2.41. The Balaban J connectivity index is 0.00000208. The van der Waals surface area contributed by atoms with Gasteiger partial charge in [-0.05, 0) is 39.0 Å². The van der Waals surface area contributed by atoms with Gasteiger partial charge in [-0.15, -0.1) is 23.7 Å². The third kappa shape index (κ3) is 3.83. The summed E-state index contributed by atoms with van der Waals surface area (Å²) >= 11 is 1.15. The lowest BCUT2D eigenvalue weighted by molar-refractivity contribution is 0.0702. The second kappa shape index (κ2) is 6.51. The molecule has 1 atom stereocenters. The monoisotopic (exact) mass is 389 g/mol. The van der Waals surface area contributed by atoms with Gasteiger partial charge in [0.25, 0.3) is 10.0 Å². The molecule has 1 unspecified atom stereocenters. The number of rotatable bonds is 3. The van der Waals surface area contributed by atoms with Crippen molar-refractivity contribution in [3.63, 3.8) is 0 Å². The van der Waals surface area contributed by atoms with Crippen LogP contribution in [-0.4, -0.2) is 19.0 Å². The average molecular weight is 390 g/mol. The van der Waals surface area contributed by atoms with Crippen LogP contribution in [0.2, 0.25) is 0 Å². The van der Waals surface area contributed by atoms with Gasteiger partial charge in [-0.1, -0.05) is 0 Å². The van der Waals surface area contributed by atoms with Gasteiger partial charge < -0.3 is 10.5 Å². The molecule has 1 aromatic carbocycles. The Hall–Kier alpha value is -1.35. The van der Waals surface area contributed by atoms with E-state index in [9.17, 15) is 8.42 Å². The third-order valence-corrected chi connectivity index (χ3v) is 6.50. The minimum atomic E-state index is -3.64. The molecule has 0 saturated carbocycles. The van der Waals surface area contributed by atoms with Crippen LogP contribution in [0.5, 0.6) is 5.75 Å². The number of fused-ring (bicyclic) bond motifs is 1. The fraction of sp³-hybridized carbons (Fsp3) is 0.400. The van der Waals surface area contributed by atoms with Crippen LogP contribution in [-0.2, 0) is 10.0 Å². The summed E-state index contributed by atoms with van der Waals surface area (Å²) in [5.41, 5.74) is 6.71. The van der Waals surface area contributed by atoms with Crippen LogP contribution in [0, 0.1) is 6.92 Å². The number of nitrogens with zero attached hydrogens (tertiary/aromatic N) is 1. The van der Waals surface area contributed by atoms with E-state index in [1.54, 1.807) is 25.1 Å². The van der Waals surface area contributed by atoms with Gasteiger partial charge in [-0.2, -0.15) is 0 Å². The Morgan fingerprint density at radius 1 is 1.42 bits per heavy atom. The van der Waals surface area contributed by atoms with Crippen LogP contribution in [0.15, 0.2) is 28.6 Å². The lowest BCUT2D eigenvalue weighted by Gasteiger charge is -2.37. The molecule has 1 aliphatic heterocycles. The van der Waals surface area contributed by atoms with Gasteiger partial charge in [-0.3, -0.25) is 0 Å². The Labute approximate surface area is 151 Å². The van der Waals surface area contributed by atoms with Gasteiger partial charge in [0.1, 0.15) is 11.4 Å². The molecule has 0 aliphatic carbocycles. The molecule has 2 aromatic rings. The molecule has 132 valence electrons. The summed E-state index contributed by atoms with van der Waals surface area (Å²) in [7, 11) is -3.64. The SMILES string of the molecule is Cc1ncc(S(=O)(=O)NC2CC(C)(C)Oc3ccc(N)cc32)s1.Cl. The highest BCUT2D eigenvalue weighted by molar-refractivity contribution is 7.91. The van der Waals surface area contributed by atoms with Gasteiger partial charge >= 0.3 is 0 Å². The van der Waals surface area contributed by atoms with Crippen LogP contribution in [0.3, 0.4) is 0 Å². The number of aryl methyl sites for hydroxylation is 1. The van der Waals surface area contributed by atoms with Crippen molar-refractivity contribution >= 4 is 39.5 Å². The zero-order chi connectivity index (χ0) is 16.8. The fourth-order valence-corrected chi connectivity index (χ4v) is 5.03. The summed E-state index contributed by atoms with van der Waals surface area (Å²) in [5, 5.41) is 0.710. The number of sulfonamides is 1. The molecule has 6 nitrogen and oxygen atoms in total. The molecule has 0 saturated heterocycles. The molecular formula is C15H20ClN3O3S2. The first kappa shape index (κ1) is 19.0. The highest BCUT2D eigenvalue weighted by Gasteiger charge is 2.36. The van der Waals surface area contributed by atoms with E-state index in [2.05, 4.69) is 9.71 Å². The van der Waals surface area contributed by atoms with E-state index in [1.165, 1.54) is 6.20 Å². The number of hydrogen-bond acceptors (Lipinski definition) is 6. The normalized spacial score (nSPS) is 19.0. The van der Waals surface area contributed by atoms with Crippen molar-refractivity contribution in [2.24, 2.45) is 0 Å². The maximum absolute atomic E-state index is 12.6. The van der Waals surface area contributed by atoms with Crippen molar-refractivity contribution in [2.75, 3.05) is 5.73 Å². The number of ether oxygens (including phenoxy) is 1. The summed E-state index contributed by atoms with van der Waals surface area (Å²) in [5.74, 6) is 0.656. The Kier molecular flexibility index (Phi) is 5.15. The minimum absolute atomic E-state index is 0. The standard InChI is InChI=1S/C15H19N3O3S2.ClH/c1-9-17-8-14(22-9)23(19,20)18-12-7-15(2,3)21-13-5-4-10(16)6-11(12)13;/h4-6,8,12,18H,7,16H2,1-3H3;1H. The first-order valence-electron chi connectivity index (χ1n) is 7.19. The summed E-state index contributed by atoms with van der Waals surface area (Å²) in [6, 6.07) is 4.89. The topological polar surface area (TPSA) is 94.3 Å². The number of halogens is 1. The van der Waals surface area contributed by atoms with E-state index in [0.29, 0.717) is 22.9 Å². The van der Waals surface area contributed by atoms with Crippen molar-refractivity contribution < 1.29 is 13.2 Å². The molecule has 0 radical (unpaired) electrons. The molecule has 9 heteroatoms. The summed E-state index contributed by atoms with van der Waals surface area (Å²) in [4.78, 5) is 4.02. The summed E-state index contributed by atoms with van der Waals surface area (Å²) in [6.07, 6.45) is 1.90. The lowest BCUT2D eigenvalue weighted by Crippen LogP contribution is -2.41. The number of nitrogens with one attached hydrogen (secondary N) is 1. The average Bonchev–Trinajstić information content (AvgIpc) is 2.86. The quantitative estimate of drug-likeness (QED) is 0.787. The Bertz CT molecular complexity index is 849. The first-order chi connectivity index (χ1) is 10.7. The second-order valence-electron chi connectivity index (χ2n) is 6.24.